The van der Waals surface area contributed by atoms with Crippen molar-refractivity contribution < 1.29 is 85.5 Å². The van der Waals surface area contributed by atoms with Gasteiger partial charge in [0.2, 0.25) is 28.4 Å². The highest BCUT2D eigenvalue weighted by Gasteiger charge is 2.41. The lowest BCUT2D eigenvalue weighted by Crippen LogP contribution is -2.51. The lowest BCUT2D eigenvalue weighted by molar-refractivity contribution is -0.155. The number of carboxylic acid groups (broad SMARTS) is 1. The monoisotopic (exact) mass is 1560 g/mol. The molecule has 107 heavy (non-hydrogen) atoms. The van der Waals surface area contributed by atoms with E-state index >= 15 is 0 Å². The second kappa shape index (κ2) is 43.2. The smallest absolute Gasteiger partial charge is 0.408 e. The zero-order valence-corrected chi connectivity index (χ0v) is 70.0. The van der Waals surface area contributed by atoms with Gasteiger partial charge in [-0.3, -0.25) is 24.0 Å². The number of amides is 4. The SMILES string of the molecule is C=CCOC(=O)C[C@@H](Cc1ccc(O[Si](C)(C)C(C)(C)C)cc1)C(=O)OC[C@H](NC(=O)OC(C)(C)C)C(CC(=O)N[C@H](C(=O)OCC=C)C(C)C)Sc1ccccc1.CC(C)[C@H](NC(=O)CC(Sc1ccccc1)[C@H](COC(=O)[C@@H](N)Cc1ccc(O[Si](C)(C)C(C)(C)C)cc1)NC(=O)OC(C)(C)C)C(=O)O. The first-order chi connectivity index (χ1) is 49.6. The van der Waals surface area contributed by atoms with Gasteiger partial charge in [0.1, 0.15) is 67.3 Å². The minimum Gasteiger partial charge on any atom is -0.544 e. The lowest BCUT2D eigenvalue weighted by atomic mass is 9.96. The average Bonchev–Trinajstić information content (AvgIpc) is 0.829. The van der Waals surface area contributed by atoms with Gasteiger partial charge in [0.15, 0.2) is 0 Å². The first kappa shape index (κ1) is 93.1. The van der Waals surface area contributed by atoms with Crippen LogP contribution >= 0.6 is 23.5 Å². The van der Waals surface area contributed by atoms with Gasteiger partial charge in [0, 0.05) is 33.1 Å². The van der Waals surface area contributed by atoms with Gasteiger partial charge >= 0.3 is 42.0 Å². The number of nitrogens with two attached hydrogens (primary N) is 1. The molecule has 4 rings (SSSR count). The predicted octanol–water partition coefficient (Wildman–Crippen LogP) is 14.4. The van der Waals surface area contributed by atoms with Crippen LogP contribution in [0.2, 0.25) is 36.3 Å². The Labute approximate surface area is 645 Å². The summed E-state index contributed by atoms with van der Waals surface area (Å²) in [5, 5.41) is 19.2. The molecule has 4 amide bonds. The summed E-state index contributed by atoms with van der Waals surface area (Å²) in [5.74, 6) is -4.91. The van der Waals surface area contributed by atoms with E-state index in [1.165, 1.54) is 35.7 Å². The van der Waals surface area contributed by atoms with E-state index in [4.69, 9.17) is 43.0 Å². The molecule has 23 nitrogen and oxygen atoms in total. The number of esters is 4. The lowest BCUT2D eigenvalue weighted by Gasteiger charge is -2.36. The maximum absolute atomic E-state index is 14.0. The number of carboxylic acids is 1. The van der Waals surface area contributed by atoms with Gasteiger partial charge in [-0.1, -0.05) is 155 Å². The van der Waals surface area contributed by atoms with E-state index in [1.54, 1.807) is 69.2 Å². The van der Waals surface area contributed by atoms with Crippen molar-refractivity contribution >= 4 is 94.0 Å². The fourth-order valence-corrected chi connectivity index (χ4v) is 14.0. The van der Waals surface area contributed by atoms with Crippen LogP contribution in [0.4, 0.5) is 9.59 Å². The predicted molar refractivity (Wildman–Crippen MR) is 425 cm³/mol. The topological polar surface area (TPSA) is 322 Å². The summed E-state index contributed by atoms with van der Waals surface area (Å²) >= 11 is 2.58. The van der Waals surface area contributed by atoms with Crippen LogP contribution in [-0.4, -0.2) is 154 Å². The van der Waals surface area contributed by atoms with E-state index in [0.717, 1.165) is 32.4 Å². The van der Waals surface area contributed by atoms with Crippen molar-refractivity contribution in [1.82, 2.24) is 21.3 Å². The van der Waals surface area contributed by atoms with Crippen LogP contribution < -0.4 is 35.9 Å². The molecule has 4 aromatic carbocycles. The fraction of sp³-hybridized carbons (Fsp3) is 0.537. The Balaban J connectivity index is 0.000000563. The molecule has 8 atom stereocenters. The maximum Gasteiger partial charge on any atom is 0.408 e. The Hall–Kier alpha value is -8.12. The zero-order chi connectivity index (χ0) is 80.8. The second-order valence-electron chi connectivity index (χ2n) is 31.8. The van der Waals surface area contributed by atoms with E-state index in [2.05, 4.69) is 102 Å². The standard InChI is InChI=1S/C44H64N2O10SSi.C36H55N3O8SSi/c1-13-24-52-38(48)27-32(26-31-20-22-33(23-21-31)56-58(11,12)44(8,9)10)40(49)54-29-35(45-42(51)55-43(5,6)7)36(57-34-18-16-15-17-19-34)28-37(47)46-39(30(3)4)41(50)53-25-14-2;1-23(2)31(32(41)42)39-30(40)21-29(48-26-14-12-11-13-15-26)28(38-34(44)46-35(3,4)5)22-45-33(43)27(37)20-24-16-18-25(19-17-24)47-49(9,10)36(6,7)8/h13-23,30,32,35-36,39H,1-2,24-29H2,3-12H3,(H,45,51)(H,46,47);11-19,23,27-29,31H,20-22,37H2,1-10H3,(H,38,44)(H,39,40)(H,41,42)/t32-,35+,36?,39+;27-,28-,29?,31-/m10/s1. The van der Waals surface area contributed by atoms with Crippen molar-refractivity contribution in [2.24, 2.45) is 23.5 Å². The Kier molecular flexibility index (Phi) is 37.6. The Morgan fingerprint density at radius 3 is 1.22 bits per heavy atom. The first-order valence-electron chi connectivity index (χ1n) is 36.1. The van der Waals surface area contributed by atoms with Crippen molar-refractivity contribution in [2.45, 2.75) is 241 Å². The van der Waals surface area contributed by atoms with Gasteiger partial charge in [0.05, 0.1) is 24.4 Å². The van der Waals surface area contributed by atoms with Gasteiger partial charge in [-0.05, 0) is 162 Å². The van der Waals surface area contributed by atoms with Gasteiger partial charge < -0.3 is 69.4 Å². The summed E-state index contributed by atoms with van der Waals surface area (Å²) in [6, 6.07) is 28.4. The number of carbonyl (C=O) groups excluding carboxylic acids is 8. The molecule has 0 fully saturated rings. The summed E-state index contributed by atoms with van der Waals surface area (Å²) < 4.78 is 45.9. The van der Waals surface area contributed by atoms with E-state index < -0.39 is 128 Å². The van der Waals surface area contributed by atoms with Crippen LogP contribution in [0.25, 0.3) is 0 Å². The van der Waals surface area contributed by atoms with Crippen molar-refractivity contribution in [1.29, 1.82) is 0 Å². The summed E-state index contributed by atoms with van der Waals surface area (Å²) in [7, 11) is -4.11. The molecule has 27 heteroatoms. The largest absolute Gasteiger partial charge is 0.544 e. The number of alkyl carbamates (subject to hydrolysis) is 2. The van der Waals surface area contributed by atoms with Crippen LogP contribution in [0.15, 0.2) is 144 Å². The van der Waals surface area contributed by atoms with Crippen LogP contribution in [0.1, 0.15) is 141 Å². The van der Waals surface area contributed by atoms with Gasteiger partial charge in [-0.15, -0.1) is 23.5 Å². The third-order valence-electron chi connectivity index (χ3n) is 17.3. The van der Waals surface area contributed by atoms with Crippen LogP contribution in [-0.2, 0) is 74.8 Å². The molecule has 592 valence electrons. The molecule has 0 aromatic heterocycles. The van der Waals surface area contributed by atoms with Crippen LogP contribution in [0, 0.1) is 17.8 Å². The number of thioether (sulfide) groups is 2. The van der Waals surface area contributed by atoms with Gasteiger partial charge in [-0.25, -0.2) is 19.2 Å². The number of carbonyl (C=O) groups is 9. The third-order valence-corrected chi connectivity index (χ3v) is 28.7. The van der Waals surface area contributed by atoms with Crippen molar-refractivity contribution in [2.75, 3.05) is 26.4 Å². The molecule has 0 aliphatic carbocycles. The zero-order valence-electron chi connectivity index (χ0n) is 66.4. The van der Waals surface area contributed by atoms with E-state index in [0.29, 0.717) is 0 Å². The molecule has 0 aliphatic heterocycles. The molecule has 2 unspecified atom stereocenters. The van der Waals surface area contributed by atoms with Crippen molar-refractivity contribution in [3.63, 3.8) is 0 Å². The summed E-state index contributed by atoms with van der Waals surface area (Å²) in [6.07, 6.45) is 1.02. The molecule has 0 saturated heterocycles. The number of hydrogen-bond donors (Lipinski definition) is 6. The summed E-state index contributed by atoms with van der Waals surface area (Å²) in [6.45, 7) is 45.3. The molecule has 0 spiro atoms. The number of nitrogens with one attached hydrogen (secondary N) is 4. The molecule has 0 aliphatic rings. The maximum atomic E-state index is 14.0. The molecule has 0 heterocycles. The van der Waals surface area contributed by atoms with Crippen LogP contribution in [0.5, 0.6) is 11.5 Å². The number of ether oxygens (including phenoxy) is 6. The third kappa shape index (κ3) is 35.2. The fourth-order valence-electron chi connectivity index (χ4n) is 9.48. The van der Waals surface area contributed by atoms with Crippen molar-refractivity contribution in [3.05, 3.63) is 146 Å². The first-order valence-corrected chi connectivity index (χ1v) is 43.6. The van der Waals surface area contributed by atoms with Crippen LogP contribution in [0.3, 0.4) is 0 Å². The van der Waals surface area contributed by atoms with Gasteiger partial charge in [0.25, 0.3) is 0 Å². The highest BCUT2D eigenvalue weighted by molar-refractivity contribution is 8.00. The Morgan fingerprint density at radius 1 is 0.486 bits per heavy atom. The molecular formula is C80H119N5O18S2Si2. The Morgan fingerprint density at radius 2 is 0.860 bits per heavy atom. The van der Waals surface area contributed by atoms with Crippen molar-refractivity contribution in [3.8, 4) is 11.5 Å². The normalized spacial score (nSPS) is 14.2. The molecule has 4 aromatic rings. The van der Waals surface area contributed by atoms with E-state index in [9.17, 15) is 48.3 Å². The minimum atomic E-state index is -2.10. The second-order valence-corrected chi connectivity index (χ2v) is 43.9. The van der Waals surface area contributed by atoms with E-state index in [1.807, 2.05) is 109 Å². The van der Waals surface area contributed by atoms with Gasteiger partial charge in [-0.2, -0.15) is 0 Å². The number of benzene rings is 4. The molecular weight excluding hydrogens is 1440 g/mol. The molecule has 0 saturated carbocycles. The summed E-state index contributed by atoms with van der Waals surface area (Å²) in [4.78, 5) is 119. The molecule has 7 N–H and O–H groups in total. The number of rotatable bonds is 38. The summed E-state index contributed by atoms with van der Waals surface area (Å²) in [5.41, 5.74) is 6.19. The van der Waals surface area contributed by atoms with E-state index in [-0.39, 0.29) is 80.4 Å². The Bertz CT molecular complexity index is 3520. The highest BCUT2D eigenvalue weighted by atomic mass is 32.2. The number of aliphatic carboxylic acids is 1. The quantitative estimate of drug-likeness (QED) is 0.00798. The number of hydrogen-bond acceptors (Lipinski definition) is 20. The highest BCUT2D eigenvalue weighted by Crippen LogP contribution is 2.39. The molecule has 0 bridgehead atoms. The minimum absolute atomic E-state index is 0.000737. The average molecular weight is 1560 g/mol. The molecule has 0 radical (unpaired) electrons.